The van der Waals surface area contributed by atoms with Crippen LogP contribution < -0.4 is 5.32 Å². The molecule has 0 bridgehead atoms. The Morgan fingerprint density at radius 3 is 2.50 bits per heavy atom. The molecule has 0 aliphatic carbocycles. The summed E-state index contributed by atoms with van der Waals surface area (Å²) in [5.41, 5.74) is 0.205. The lowest BCUT2D eigenvalue weighted by atomic mass is 10.1. The summed E-state index contributed by atoms with van der Waals surface area (Å²) in [7, 11) is 1.47. The van der Waals surface area contributed by atoms with Crippen molar-refractivity contribution in [3.63, 3.8) is 0 Å². The number of carbonyl (C=O) groups excluding carboxylic acids is 1. The molecule has 1 rings (SSSR count). The van der Waals surface area contributed by atoms with E-state index in [9.17, 15) is 9.59 Å². The van der Waals surface area contributed by atoms with Gasteiger partial charge in [0.1, 0.15) is 0 Å². The number of hydrogen-bond acceptors (Lipinski definition) is 2. The third-order valence-corrected chi connectivity index (χ3v) is 2.35. The highest BCUT2D eigenvalue weighted by molar-refractivity contribution is 14.1. The monoisotopic (exact) mass is 305 g/mol. The Morgan fingerprint density at radius 2 is 2.00 bits per heavy atom. The van der Waals surface area contributed by atoms with E-state index in [1.54, 1.807) is 12.1 Å². The fraction of sp³-hybridized carbons (Fsp3) is 0.111. The van der Waals surface area contributed by atoms with E-state index in [4.69, 9.17) is 5.11 Å². The number of carboxylic acid groups (broad SMARTS) is 1. The molecule has 0 spiro atoms. The molecule has 0 saturated carbocycles. The van der Waals surface area contributed by atoms with Gasteiger partial charge in [0.25, 0.3) is 5.91 Å². The molecule has 0 atom stereocenters. The standard InChI is InChI=1S/C9H8INO3/c1-11-8(12)7-4-5(10)2-3-6(7)9(13)14/h2-4H,1H3,(H,11,12)(H,13,14). The minimum Gasteiger partial charge on any atom is -0.478 e. The van der Waals surface area contributed by atoms with Crippen LogP contribution in [-0.4, -0.2) is 24.0 Å². The minimum absolute atomic E-state index is 0.0183. The van der Waals surface area contributed by atoms with Gasteiger partial charge in [-0.3, -0.25) is 4.79 Å². The van der Waals surface area contributed by atoms with Gasteiger partial charge in [0.15, 0.2) is 0 Å². The van der Waals surface area contributed by atoms with Crippen molar-refractivity contribution in [2.75, 3.05) is 7.05 Å². The van der Waals surface area contributed by atoms with E-state index >= 15 is 0 Å². The molecule has 14 heavy (non-hydrogen) atoms. The van der Waals surface area contributed by atoms with Gasteiger partial charge in [0.2, 0.25) is 0 Å². The van der Waals surface area contributed by atoms with Crippen LogP contribution >= 0.6 is 22.6 Å². The lowest BCUT2D eigenvalue weighted by Gasteiger charge is -2.04. The number of nitrogens with one attached hydrogen (secondary N) is 1. The van der Waals surface area contributed by atoms with Crippen molar-refractivity contribution >= 4 is 34.5 Å². The van der Waals surface area contributed by atoms with E-state index < -0.39 is 5.97 Å². The summed E-state index contributed by atoms with van der Waals surface area (Å²) in [6.45, 7) is 0. The molecule has 5 heteroatoms. The number of aromatic carboxylic acids is 1. The van der Waals surface area contributed by atoms with Crippen molar-refractivity contribution < 1.29 is 14.7 Å². The summed E-state index contributed by atoms with van der Waals surface area (Å²) in [6.07, 6.45) is 0. The van der Waals surface area contributed by atoms with E-state index in [2.05, 4.69) is 5.32 Å². The van der Waals surface area contributed by atoms with Crippen LogP contribution in [0.2, 0.25) is 0 Å². The average Bonchev–Trinajstić information content (AvgIpc) is 2.16. The maximum Gasteiger partial charge on any atom is 0.336 e. The van der Waals surface area contributed by atoms with Gasteiger partial charge in [-0.1, -0.05) is 0 Å². The molecule has 0 aromatic heterocycles. The van der Waals surface area contributed by atoms with Crippen LogP contribution in [0.15, 0.2) is 18.2 Å². The van der Waals surface area contributed by atoms with Crippen molar-refractivity contribution in [2.45, 2.75) is 0 Å². The first kappa shape index (κ1) is 11.0. The van der Waals surface area contributed by atoms with Gasteiger partial charge in [-0.2, -0.15) is 0 Å². The molecule has 0 saturated heterocycles. The van der Waals surface area contributed by atoms with E-state index in [-0.39, 0.29) is 17.0 Å². The highest BCUT2D eigenvalue weighted by Crippen LogP contribution is 2.13. The van der Waals surface area contributed by atoms with Crippen LogP contribution in [0.25, 0.3) is 0 Å². The molecule has 1 amide bonds. The normalized spacial score (nSPS) is 9.57. The number of halogens is 1. The van der Waals surface area contributed by atoms with Gasteiger partial charge < -0.3 is 10.4 Å². The highest BCUT2D eigenvalue weighted by Gasteiger charge is 2.15. The summed E-state index contributed by atoms with van der Waals surface area (Å²) in [4.78, 5) is 22.1. The topological polar surface area (TPSA) is 66.4 Å². The third-order valence-electron chi connectivity index (χ3n) is 1.68. The molecular weight excluding hydrogens is 297 g/mol. The van der Waals surface area contributed by atoms with Gasteiger partial charge in [-0.15, -0.1) is 0 Å². The maximum atomic E-state index is 11.3. The van der Waals surface area contributed by atoms with Crippen LogP contribution in [-0.2, 0) is 0 Å². The smallest absolute Gasteiger partial charge is 0.336 e. The van der Waals surface area contributed by atoms with Crippen molar-refractivity contribution in [2.24, 2.45) is 0 Å². The number of hydrogen-bond donors (Lipinski definition) is 2. The highest BCUT2D eigenvalue weighted by atomic mass is 127. The fourth-order valence-electron chi connectivity index (χ4n) is 1.03. The molecule has 0 radical (unpaired) electrons. The first-order valence-corrected chi connectivity index (χ1v) is 4.89. The van der Waals surface area contributed by atoms with Crippen LogP contribution in [0.1, 0.15) is 20.7 Å². The van der Waals surface area contributed by atoms with Gasteiger partial charge in [0, 0.05) is 10.6 Å². The Kier molecular flexibility index (Phi) is 3.45. The molecule has 2 N–H and O–H groups in total. The van der Waals surface area contributed by atoms with E-state index in [0.717, 1.165) is 3.57 Å². The van der Waals surface area contributed by atoms with Crippen molar-refractivity contribution in [1.29, 1.82) is 0 Å². The lowest BCUT2D eigenvalue weighted by molar-refractivity contribution is 0.0691. The number of benzene rings is 1. The predicted octanol–water partition coefficient (Wildman–Crippen LogP) is 1.35. The van der Waals surface area contributed by atoms with Gasteiger partial charge >= 0.3 is 5.97 Å². The van der Waals surface area contributed by atoms with E-state index in [1.165, 1.54) is 13.1 Å². The Bertz CT molecular complexity index is 390. The zero-order valence-corrected chi connectivity index (χ0v) is 9.53. The predicted molar refractivity (Wildman–Crippen MR) is 59.5 cm³/mol. The summed E-state index contributed by atoms with van der Waals surface area (Å²) < 4.78 is 0.825. The van der Waals surface area contributed by atoms with Crippen LogP contribution in [0.4, 0.5) is 0 Å². The molecular formula is C9H8INO3. The number of carboxylic acids is 1. The minimum atomic E-state index is -1.10. The first-order chi connectivity index (χ1) is 6.56. The van der Waals surface area contributed by atoms with Crippen LogP contribution in [0, 0.1) is 3.57 Å². The maximum absolute atomic E-state index is 11.3. The molecule has 0 heterocycles. The van der Waals surface area contributed by atoms with Crippen LogP contribution in [0.5, 0.6) is 0 Å². The second-order valence-corrected chi connectivity index (χ2v) is 3.82. The molecule has 0 fully saturated rings. The van der Waals surface area contributed by atoms with Gasteiger partial charge in [0.05, 0.1) is 11.1 Å². The molecule has 0 unspecified atom stereocenters. The Morgan fingerprint density at radius 1 is 1.36 bits per heavy atom. The average molecular weight is 305 g/mol. The zero-order valence-electron chi connectivity index (χ0n) is 7.37. The lowest BCUT2D eigenvalue weighted by Crippen LogP contribution is -2.21. The summed E-state index contributed by atoms with van der Waals surface area (Å²) >= 11 is 2.02. The fourth-order valence-corrected chi connectivity index (χ4v) is 1.52. The summed E-state index contributed by atoms with van der Waals surface area (Å²) in [6, 6.07) is 4.62. The first-order valence-electron chi connectivity index (χ1n) is 3.81. The van der Waals surface area contributed by atoms with Gasteiger partial charge in [-0.25, -0.2) is 4.79 Å². The summed E-state index contributed by atoms with van der Waals surface area (Å²) in [5.74, 6) is -1.49. The third kappa shape index (κ3) is 2.22. The van der Waals surface area contributed by atoms with Crippen molar-refractivity contribution in [1.82, 2.24) is 5.32 Å². The molecule has 1 aromatic carbocycles. The molecule has 4 nitrogen and oxygen atoms in total. The van der Waals surface area contributed by atoms with E-state index in [1.807, 2.05) is 22.6 Å². The molecule has 1 aromatic rings. The number of rotatable bonds is 2. The zero-order chi connectivity index (χ0) is 10.7. The Hall–Kier alpha value is -1.11. The number of carbonyl (C=O) groups is 2. The van der Waals surface area contributed by atoms with Crippen molar-refractivity contribution in [3.05, 3.63) is 32.9 Å². The Labute approximate surface area is 94.5 Å². The largest absolute Gasteiger partial charge is 0.478 e. The number of amides is 1. The van der Waals surface area contributed by atoms with E-state index in [0.29, 0.717) is 0 Å². The van der Waals surface area contributed by atoms with Gasteiger partial charge in [-0.05, 0) is 40.8 Å². The molecule has 0 aliphatic heterocycles. The summed E-state index contributed by atoms with van der Waals surface area (Å²) in [5, 5.41) is 11.2. The second-order valence-electron chi connectivity index (χ2n) is 2.57. The second kappa shape index (κ2) is 4.41. The molecule has 74 valence electrons. The molecule has 0 aliphatic rings. The quantitative estimate of drug-likeness (QED) is 0.811. The SMILES string of the molecule is CNC(=O)c1cc(I)ccc1C(=O)O. The van der Waals surface area contributed by atoms with Crippen molar-refractivity contribution in [3.8, 4) is 0 Å². The van der Waals surface area contributed by atoms with Crippen LogP contribution in [0.3, 0.4) is 0 Å². The Balaban J connectivity index is 3.29.